The molecular weight excluding hydrogens is 292 g/mol. The van der Waals surface area contributed by atoms with Crippen molar-refractivity contribution < 1.29 is 4.79 Å². The maximum atomic E-state index is 12.1. The summed E-state index contributed by atoms with van der Waals surface area (Å²) < 4.78 is 0.762. The highest BCUT2D eigenvalue weighted by Crippen LogP contribution is 2.25. The molecular formula is C14H21BrN2O. The number of nitrogens with two attached hydrogens (primary N) is 1. The minimum absolute atomic E-state index is 0.0923. The Morgan fingerprint density at radius 2 is 2.06 bits per heavy atom. The van der Waals surface area contributed by atoms with E-state index in [0.717, 1.165) is 4.47 Å². The van der Waals surface area contributed by atoms with Gasteiger partial charge in [0.05, 0.1) is 5.56 Å². The number of carbonyl (C=O) groups excluding carboxylic acids is 1. The second-order valence-corrected chi connectivity index (χ2v) is 6.57. The Hall–Kier alpha value is -1.03. The van der Waals surface area contributed by atoms with Crippen molar-refractivity contribution in [1.82, 2.24) is 5.32 Å². The lowest BCUT2D eigenvalue weighted by Gasteiger charge is -2.27. The van der Waals surface area contributed by atoms with Crippen molar-refractivity contribution >= 4 is 27.5 Å². The van der Waals surface area contributed by atoms with Gasteiger partial charge in [0.2, 0.25) is 0 Å². The molecule has 0 radical (unpaired) electrons. The van der Waals surface area contributed by atoms with Crippen LogP contribution in [0.5, 0.6) is 0 Å². The number of halogens is 1. The molecule has 1 amide bonds. The van der Waals surface area contributed by atoms with Crippen molar-refractivity contribution in [1.29, 1.82) is 0 Å². The molecule has 0 aliphatic carbocycles. The highest BCUT2D eigenvalue weighted by atomic mass is 79.9. The van der Waals surface area contributed by atoms with E-state index < -0.39 is 0 Å². The van der Waals surface area contributed by atoms with Crippen molar-refractivity contribution in [2.45, 2.75) is 27.7 Å². The zero-order valence-corrected chi connectivity index (χ0v) is 13.0. The van der Waals surface area contributed by atoms with Crippen molar-refractivity contribution in [2.24, 2.45) is 11.3 Å². The number of nitrogen functional groups attached to an aromatic ring is 1. The third kappa shape index (κ3) is 4.02. The van der Waals surface area contributed by atoms with E-state index in [4.69, 9.17) is 5.73 Å². The highest BCUT2D eigenvalue weighted by Gasteiger charge is 2.21. The Morgan fingerprint density at radius 1 is 1.44 bits per heavy atom. The van der Waals surface area contributed by atoms with Crippen LogP contribution in [0.15, 0.2) is 22.7 Å². The second kappa shape index (κ2) is 5.74. The number of nitrogens with one attached hydrogen (secondary N) is 1. The molecule has 1 rings (SSSR count). The van der Waals surface area contributed by atoms with Gasteiger partial charge in [0, 0.05) is 16.7 Å². The predicted octanol–water partition coefficient (Wildman–Crippen LogP) is 3.44. The molecule has 1 aromatic rings. The van der Waals surface area contributed by atoms with Gasteiger partial charge in [-0.2, -0.15) is 0 Å². The van der Waals surface area contributed by atoms with E-state index >= 15 is 0 Å². The van der Waals surface area contributed by atoms with Gasteiger partial charge in [0.15, 0.2) is 0 Å². The maximum absolute atomic E-state index is 12.1. The molecule has 1 unspecified atom stereocenters. The van der Waals surface area contributed by atoms with Crippen molar-refractivity contribution in [3.8, 4) is 0 Å². The summed E-state index contributed by atoms with van der Waals surface area (Å²) in [5.74, 6) is 0.312. The lowest BCUT2D eigenvalue weighted by molar-refractivity contribution is 0.0936. The lowest BCUT2D eigenvalue weighted by atomic mass is 9.82. The van der Waals surface area contributed by atoms with E-state index in [1.165, 1.54) is 0 Å². The molecule has 1 aromatic carbocycles. The fourth-order valence-corrected chi connectivity index (χ4v) is 1.79. The largest absolute Gasteiger partial charge is 0.399 e. The first kappa shape index (κ1) is 15.0. The summed E-state index contributed by atoms with van der Waals surface area (Å²) in [7, 11) is 0. The van der Waals surface area contributed by atoms with Gasteiger partial charge < -0.3 is 11.1 Å². The Kier molecular flexibility index (Phi) is 4.79. The van der Waals surface area contributed by atoms with Gasteiger partial charge in [-0.3, -0.25) is 4.79 Å². The molecule has 0 bridgehead atoms. The molecule has 3 N–H and O–H groups in total. The molecule has 0 aromatic heterocycles. The monoisotopic (exact) mass is 312 g/mol. The average molecular weight is 313 g/mol. The van der Waals surface area contributed by atoms with E-state index in [1.807, 2.05) is 0 Å². The molecule has 100 valence electrons. The van der Waals surface area contributed by atoms with Crippen molar-refractivity contribution in [3.05, 3.63) is 28.2 Å². The van der Waals surface area contributed by atoms with Crippen LogP contribution in [0.1, 0.15) is 38.1 Å². The Balaban J connectivity index is 2.69. The van der Waals surface area contributed by atoms with Crippen LogP contribution in [0.25, 0.3) is 0 Å². The summed E-state index contributed by atoms with van der Waals surface area (Å²) in [4.78, 5) is 12.1. The molecule has 0 saturated heterocycles. The molecule has 0 spiro atoms. The molecule has 1 atom stereocenters. The molecule has 0 aliphatic heterocycles. The smallest absolute Gasteiger partial charge is 0.252 e. The minimum Gasteiger partial charge on any atom is -0.399 e. The average Bonchev–Trinajstić information content (AvgIpc) is 2.27. The van der Waals surface area contributed by atoms with Crippen LogP contribution in [0.3, 0.4) is 0 Å². The standard InChI is InChI=1S/C14H21BrN2O/c1-9(14(2,3)4)8-17-13(18)11-7-10(16)5-6-12(11)15/h5-7,9H,8,16H2,1-4H3,(H,17,18). The molecule has 0 saturated carbocycles. The fraction of sp³-hybridized carbons (Fsp3) is 0.500. The first-order chi connectivity index (χ1) is 8.21. The number of hydrogen-bond acceptors (Lipinski definition) is 2. The van der Waals surface area contributed by atoms with Gasteiger partial charge in [0.25, 0.3) is 5.91 Å². The number of benzene rings is 1. The number of amides is 1. The normalized spacial score (nSPS) is 13.2. The Labute approximate surface area is 117 Å². The number of rotatable bonds is 3. The third-order valence-corrected chi connectivity index (χ3v) is 3.97. The third-order valence-electron chi connectivity index (χ3n) is 3.28. The predicted molar refractivity (Wildman–Crippen MR) is 79.5 cm³/mol. The number of carbonyl (C=O) groups is 1. The van der Waals surface area contributed by atoms with Gasteiger partial charge in [-0.05, 0) is 45.5 Å². The van der Waals surface area contributed by atoms with Gasteiger partial charge in [-0.1, -0.05) is 27.7 Å². The van der Waals surface area contributed by atoms with Crippen LogP contribution in [-0.2, 0) is 0 Å². The minimum atomic E-state index is -0.0923. The van der Waals surface area contributed by atoms with E-state index in [0.29, 0.717) is 23.7 Å². The van der Waals surface area contributed by atoms with Crippen LogP contribution in [0, 0.1) is 11.3 Å². The first-order valence-corrected chi connectivity index (χ1v) is 6.84. The summed E-state index contributed by atoms with van der Waals surface area (Å²) in [6.07, 6.45) is 0. The summed E-state index contributed by atoms with van der Waals surface area (Å²) in [5, 5.41) is 2.95. The Bertz CT molecular complexity index is 438. The maximum Gasteiger partial charge on any atom is 0.252 e. The van der Waals surface area contributed by atoms with Crippen LogP contribution < -0.4 is 11.1 Å². The van der Waals surface area contributed by atoms with Crippen LogP contribution in [0.2, 0.25) is 0 Å². The lowest BCUT2D eigenvalue weighted by Crippen LogP contribution is -2.33. The molecule has 0 heterocycles. The fourth-order valence-electron chi connectivity index (χ4n) is 1.36. The molecule has 0 fully saturated rings. The summed E-state index contributed by atoms with van der Waals surface area (Å²) >= 11 is 3.36. The highest BCUT2D eigenvalue weighted by molar-refractivity contribution is 9.10. The van der Waals surface area contributed by atoms with Gasteiger partial charge in [-0.15, -0.1) is 0 Å². The number of anilines is 1. The van der Waals surface area contributed by atoms with Gasteiger partial charge in [0.1, 0.15) is 0 Å². The van der Waals surface area contributed by atoms with Crippen LogP contribution in [0.4, 0.5) is 5.69 Å². The van der Waals surface area contributed by atoms with Crippen LogP contribution in [-0.4, -0.2) is 12.5 Å². The van der Waals surface area contributed by atoms with Gasteiger partial charge in [-0.25, -0.2) is 0 Å². The van der Waals surface area contributed by atoms with E-state index in [-0.39, 0.29) is 11.3 Å². The zero-order valence-electron chi connectivity index (χ0n) is 11.4. The summed E-state index contributed by atoms with van der Waals surface area (Å²) in [6.45, 7) is 9.29. The number of hydrogen-bond donors (Lipinski definition) is 2. The summed E-state index contributed by atoms with van der Waals surface area (Å²) in [5.41, 5.74) is 7.04. The Morgan fingerprint density at radius 3 is 2.61 bits per heavy atom. The van der Waals surface area contributed by atoms with Crippen molar-refractivity contribution in [2.75, 3.05) is 12.3 Å². The molecule has 3 nitrogen and oxygen atoms in total. The van der Waals surface area contributed by atoms with E-state index in [9.17, 15) is 4.79 Å². The summed E-state index contributed by atoms with van der Waals surface area (Å²) in [6, 6.07) is 5.23. The molecule has 4 heteroatoms. The van der Waals surface area contributed by atoms with Crippen molar-refractivity contribution in [3.63, 3.8) is 0 Å². The van der Waals surface area contributed by atoms with Gasteiger partial charge >= 0.3 is 0 Å². The first-order valence-electron chi connectivity index (χ1n) is 6.05. The topological polar surface area (TPSA) is 55.1 Å². The second-order valence-electron chi connectivity index (χ2n) is 5.72. The van der Waals surface area contributed by atoms with E-state index in [1.54, 1.807) is 18.2 Å². The molecule has 18 heavy (non-hydrogen) atoms. The van der Waals surface area contributed by atoms with Crippen LogP contribution >= 0.6 is 15.9 Å². The van der Waals surface area contributed by atoms with E-state index in [2.05, 4.69) is 48.9 Å². The SMILES string of the molecule is CC(CNC(=O)c1cc(N)ccc1Br)C(C)(C)C. The molecule has 0 aliphatic rings. The quantitative estimate of drug-likeness (QED) is 0.840. The zero-order chi connectivity index (χ0) is 13.9.